The zero-order valence-corrected chi connectivity index (χ0v) is 13.9. The molecule has 0 aromatic carbocycles. The lowest BCUT2D eigenvalue weighted by atomic mass is 10.1. The van der Waals surface area contributed by atoms with Crippen molar-refractivity contribution in [1.82, 2.24) is 10.2 Å². The highest BCUT2D eigenvalue weighted by Crippen LogP contribution is 2.07. The SMILES string of the molecule is COC(=O)CCN(CC(C)C)C(=O)CC1COCCN1.Cl. The van der Waals surface area contributed by atoms with Crippen molar-refractivity contribution in [2.75, 3.05) is 40.0 Å². The van der Waals surface area contributed by atoms with Crippen LogP contribution in [0.4, 0.5) is 0 Å². The summed E-state index contributed by atoms with van der Waals surface area (Å²) in [5.74, 6) is 0.142. The fourth-order valence-electron chi connectivity index (χ4n) is 2.18. The summed E-state index contributed by atoms with van der Waals surface area (Å²) in [5.41, 5.74) is 0. The predicted molar refractivity (Wildman–Crippen MR) is 82.5 cm³/mol. The molecule has 0 radical (unpaired) electrons. The van der Waals surface area contributed by atoms with Gasteiger partial charge in [0.2, 0.25) is 5.91 Å². The molecule has 1 fully saturated rings. The summed E-state index contributed by atoms with van der Waals surface area (Å²) >= 11 is 0. The molecule has 0 bridgehead atoms. The number of hydrogen-bond acceptors (Lipinski definition) is 5. The Labute approximate surface area is 132 Å². The smallest absolute Gasteiger partial charge is 0.307 e. The number of hydrogen-bond donors (Lipinski definition) is 1. The fraction of sp³-hybridized carbons (Fsp3) is 0.857. The zero-order valence-electron chi connectivity index (χ0n) is 13.1. The Morgan fingerprint density at radius 3 is 2.67 bits per heavy atom. The Hall–Kier alpha value is -0.850. The third-order valence-corrected chi connectivity index (χ3v) is 3.17. The minimum atomic E-state index is -0.286. The topological polar surface area (TPSA) is 67.9 Å². The number of methoxy groups -OCH3 is 1. The van der Waals surface area contributed by atoms with Gasteiger partial charge in [0.25, 0.3) is 0 Å². The number of carbonyl (C=O) groups excluding carboxylic acids is 2. The Morgan fingerprint density at radius 1 is 1.43 bits per heavy atom. The number of carbonyl (C=O) groups is 2. The number of rotatable bonds is 7. The molecule has 1 atom stereocenters. The van der Waals surface area contributed by atoms with E-state index in [9.17, 15) is 9.59 Å². The van der Waals surface area contributed by atoms with Crippen molar-refractivity contribution >= 4 is 24.3 Å². The highest BCUT2D eigenvalue weighted by molar-refractivity contribution is 5.85. The van der Waals surface area contributed by atoms with E-state index in [1.54, 1.807) is 4.90 Å². The molecule has 0 aromatic rings. The average molecular weight is 323 g/mol. The van der Waals surface area contributed by atoms with Crippen LogP contribution in [0, 0.1) is 5.92 Å². The highest BCUT2D eigenvalue weighted by Gasteiger charge is 2.22. The van der Waals surface area contributed by atoms with Gasteiger partial charge in [0.1, 0.15) is 0 Å². The normalized spacial score (nSPS) is 18.0. The van der Waals surface area contributed by atoms with Crippen LogP contribution in [-0.2, 0) is 19.1 Å². The standard InChI is InChI=1S/C14H26N2O4.ClH/c1-11(2)9-16(6-4-14(18)19-3)13(17)8-12-10-20-7-5-15-12;/h11-12,15H,4-10H2,1-3H3;1H. The summed E-state index contributed by atoms with van der Waals surface area (Å²) < 4.78 is 9.98. The summed E-state index contributed by atoms with van der Waals surface area (Å²) in [6.45, 7) is 7.23. The molecule has 1 heterocycles. The first kappa shape index (κ1) is 20.1. The van der Waals surface area contributed by atoms with Crippen LogP contribution in [0.5, 0.6) is 0 Å². The monoisotopic (exact) mass is 322 g/mol. The second-order valence-electron chi connectivity index (χ2n) is 5.49. The van der Waals surface area contributed by atoms with Crippen LogP contribution >= 0.6 is 12.4 Å². The van der Waals surface area contributed by atoms with Crippen molar-refractivity contribution in [3.8, 4) is 0 Å². The van der Waals surface area contributed by atoms with Crippen LogP contribution in [0.2, 0.25) is 0 Å². The van der Waals surface area contributed by atoms with Gasteiger partial charge in [-0.3, -0.25) is 9.59 Å². The summed E-state index contributed by atoms with van der Waals surface area (Å²) in [6, 6.07) is 0.0732. The van der Waals surface area contributed by atoms with Crippen molar-refractivity contribution < 1.29 is 19.1 Å². The number of nitrogens with one attached hydrogen (secondary N) is 1. The molecule has 1 aliphatic rings. The molecule has 0 aliphatic carbocycles. The summed E-state index contributed by atoms with van der Waals surface area (Å²) in [4.78, 5) is 25.3. The van der Waals surface area contributed by atoms with Gasteiger partial charge in [0.15, 0.2) is 0 Å². The van der Waals surface area contributed by atoms with E-state index in [1.807, 2.05) is 0 Å². The van der Waals surface area contributed by atoms with Gasteiger partial charge in [-0.2, -0.15) is 0 Å². The quantitative estimate of drug-likeness (QED) is 0.703. The van der Waals surface area contributed by atoms with Gasteiger partial charge in [-0.05, 0) is 5.92 Å². The van der Waals surface area contributed by atoms with E-state index in [1.165, 1.54) is 7.11 Å². The first-order valence-corrected chi connectivity index (χ1v) is 7.18. The van der Waals surface area contributed by atoms with E-state index in [0.717, 1.165) is 6.54 Å². The van der Waals surface area contributed by atoms with Gasteiger partial charge in [-0.1, -0.05) is 13.8 Å². The van der Waals surface area contributed by atoms with Crippen molar-refractivity contribution in [3.05, 3.63) is 0 Å². The van der Waals surface area contributed by atoms with Crippen molar-refractivity contribution in [2.45, 2.75) is 32.7 Å². The molecule has 1 aliphatic heterocycles. The number of morpholine rings is 1. The third-order valence-electron chi connectivity index (χ3n) is 3.17. The van der Waals surface area contributed by atoms with E-state index >= 15 is 0 Å². The molecule has 1 amide bonds. The molecule has 7 heteroatoms. The maximum atomic E-state index is 12.3. The molecule has 0 aromatic heterocycles. The lowest BCUT2D eigenvalue weighted by Crippen LogP contribution is -2.46. The van der Waals surface area contributed by atoms with Crippen LogP contribution in [0.3, 0.4) is 0 Å². The van der Waals surface area contributed by atoms with Gasteiger partial charge in [0, 0.05) is 32.1 Å². The Kier molecular flexibility index (Phi) is 10.4. The molecule has 1 saturated heterocycles. The second-order valence-corrected chi connectivity index (χ2v) is 5.49. The largest absolute Gasteiger partial charge is 0.469 e. The van der Waals surface area contributed by atoms with Crippen molar-refractivity contribution in [1.29, 1.82) is 0 Å². The zero-order chi connectivity index (χ0) is 15.0. The molecule has 1 N–H and O–H groups in total. The number of nitrogens with zero attached hydrogens (tertiary/aromatic N) is 1. The van der Waals surface area contributed by atoms with E-state index in [2.05, 4.69) is 23.9 Å². The van der Waals surface area contributed by atoms with Gasteiger partial charge >= 0.3 is 5.97 Å². The highest BCUT2D eigenvalue weighted by atomic mass is 35.5. The molecule has 124 valence electrons. The van der Waals surface area contributed by atoms with Crippen molar-refractivity contribution in [3.63, 3.8) is 0 Å². The van der Waals surface area contributed by atoms with Crippen LogP contribution in [0.25, 0.3) is 0 Å². The Balaban J connectivity index is 0.00000400. The minimum Gasteiger partial charge on any atom is -0.469 e. The first-order chi connectivity index (χ1) is 9.52. The number of amides is 1. The van der Waals surface area contributed by atoms with Crippen LogP contribution in [0.1, 0.15) is 26.7 Å². The molecular weight excluding hydrogens is 296 g/mol. The number of ether oxygens (including phenoxy) is 2. The minimum absolute atomic E-state index is 0. The van der Waals surface area contributed by atoms with Crippen LogP contribution in [-0.4, -0.2) is 62.8 Å². The van der Waals surface area contributed by atoms with Crippen LogP contribution in [0.15, 0.2) is 0 Å². The molecule has 0 saturated carbocycles. The van der Waals surface area contributed by atoms with Gasteiger partial charge in [0.05, 0.1) is 26.7 Å². The molecule has 1 unspecified atom stereocenters. The average Bonchev–Trinajstić information content (AvgIpc) is 2.43. The maximum Gasteiger partial charge on any atom is 0.307 e. The van der Waals surface area contributed by atoms with Crippen LogP contribution < -0.4 is 5.32 Å². The molecule has 0 spiro atoms. The Bertz CT molecular complexity index is 320. The lowest BCUT2D eigenvalue weighted by Gasteiger charge is -2.28. The van der Waals surface area contributed by atoms with E-state index < -0.39 is 0 Å². The predicted octanol–water partition coefficient (Wildman–Crippen LogP) is 0.834. The summed E-state index contributed by atoms with van der Waals surface area (Å²) in [5, 5.41) is 3.27. The lowest BCUT2D eigenvalue weighted by molar-refractivity contribution is -0.142. The Morgan fingerprint density at radius 2 is 2.14 bits per heavy atom. The van der Waals surface area contributed by atoms with Gasteiger partial charge < -0.3 is 19.7 Å². The number of halogens is 1. The first-order valence-electron chi connectivity index (χ1n) is 7.18. The van der Waals surface area contributed by atoms with E-state index in [4.69, 9.17) is 4.74 Å². The van der Waals surface area contributed by atoms with Gasteiger partial charge in [-0.15, -0.1) is 12.4 Å². The second kappa shape index (κ2) is 10.8. The maximum absolute atomic E-state index is 12.3. The molecule has 21 heavy (non-hydrogen) atoms. The third kappa shape index (κ3) is 8.24. The molecule has 6 nitrogen and oxygen atoms in total. The fourth-order valence-corrected chi connectivity index (χ4v) is 2.18. The number of esters is 1. The van der Waals surface area contributed by atoms with Gasteiger partial charge in [-0.25, -0.2) is 0 Å². The van der Waals surface area contributed by atoms with E-state index in [-0.39, 0.29) is 36.7 Å². The van der Waals surface area contributed by atoms with Crippen molar-refractivity contribution in [2.24, 2.45) is 5.92 Å². The molecular formula is C14H27ClN2O4. The summed E-state index contributed by atoms with van der Waals surface area (Å²) in [6.07, 6.45) is 0.650. The van der Waals surface area contributed by atoms with E-state index in [0.29, 0.717) is 38.6 Å². The molecule has 1 rings (SSSR count). The summed E-state index contributed by atoms with van der Waals surface area (Å²) in [7, 11) is 1.36.